The molecular formula is C12H13N5O2S. The number of thioether (sulfide) groups is 1. The van der Waals surface area contributed by atoms with Crippen molar-refractivity contribution in [2.75, 3.05) is 5.84 Å². The Morgan fingerprint density at radius 3 is 2.85 bits per heavy atom. The molecule has 0 radical (unpaired) electrons. The van der Waals surface area contributed by atoms with Gasteiger partial charge >= 0.3 is 0 Å². The minimum Gasteiger partial charge on any atom is -0.461 e. The molecule has 0 amide bonds. The number of nitrogens with zero attached hydrogens (tertiary/aromatic N) is 4. The lowest BCUT2D eigenvalue weighted by molar-refractivity contribution is 0.392. The Balaban J connectivity index is 1.79. The van der Waals surface area contributed by atoms with Crippen molar-refractivity contribution in [1.29, 1.82) is 0 Å². The SMILES string of the molecule is Cc1noc(C)c1CSc1nnc(-c2ccco2)n1N. The summed E-state index contributed by atoms with van der Waals surface area (Å²) in [5, 5.41) is 12.6. The van der Waals surface area contributed by atoms with Crippen LogP contribution in [0.2, 0.25) is 0 Å². The van der Waals surface area contributed by atoms with E-state index in [9.17, 15) is 0 Å². The summed E-state index contributed by atoms with van der Waals surface area (Å²) in [4.78, 5) is 0. The number of aryl methyl sites for hydroxylation is 2. The smallest absolute Gasteiger partial charge is 0.218 e. The minimum atomic E-state index is 0.497. The Morgan fingerprint density at radius 2 is 2.20 bits per heavy atom. The summed E-state index contributed by atoms with van der Waals surface area (Å²) >= 11 is 1.47. The number of furan rings is 1. The Hall–Kier alpha value is -2.22. The maximum absolute atomic E-state index is 5.98. The van der Waals surface area contributed by atoms with Gasteiger partial charge in [-0.05, 0) is 26.0 Å². The molecule has 104 valence electrons. The van der Waals surface area contributed by atoms with Crippen LogP contribution < -0.4 is 5.84 Å². The summed E-state index contributed by atoms with van der Waals surface area (Å²) in [7, 11) is 0. The molecule has 0 fully saturated rings. The van der Waals surface area contributed by atoms with Gasteiger partial charge < -0.3 is 14.8 Å². The predicted molar refractivity (Wildman–Crippen MR) is 73.4 cm³/mol. The molecule has 8 heteroatoms. The van der Waals surface area contributed by atoms with Crippen LogP contribution >= 0.6 is 11.8 Å². The highest BCUT2D eigenvalue weighted by molar-refractivity contribution is 7.98. The molecule has 0 aliphatic heterocycles. The normalized spacial score (nSPS) is 11.1. The first-order valence-corrected chi connectivity index (χ1v) is 6.94. The monoisotopic (exact) mass is 291 g/mol. The molecule has 0 unspecified atom stereocenters. The highest BCUT2D eigenvalue weighted by atomic mass is 32.2. The number of nitrogens with two attached hydrogens (primary N) is 1. The summed E-state index contributed by atoms with van der Waals surface area (Å²) in [6.07, 6.45) is 1.57. The van der Waals surface area contributed by atoms with E-state index in [0.29, 0.717) is 22.5 Å². The topological polar surface area (TPSA) is 95.9 Å². The van der Waals surface area contributed by atoms with Gasteiger partial charge in [-0.25, -0.2) is 4.68 Å². The highest BCUT2D eigenvalue weighted by Gasteiger charge is 2.16. The van der Waals surface area contributed by atoms with Crippen LogP contribution in [0.5, 0.6) is 0 Å². The van der Waals surface area contributed by atoms with Crippen molar-refractivity contribution in [2.45, 2.75) is 24.8 Å². The molecular weight excluding hydrogens is 278 g/mol. The van der Waals surface area contributed by atoms with Crippen molar-refractivity contribution in [1.82, 2.24) is 20.0 Å². The quantitative estimate of drug-likeness (QED) is 0.581. The van der Waals surface area contributed by atoms with Crippen molar-refractivity contribution in [3.63, 3.8) is 0 Å². The molecule has 2 N–H and O–H groups in total. The second-order valence-corrected chi connectivity index (χ2v) is 5.19. The predicted octanol–water partition coefficient (Wildman–Crippen LogP) is 2.15. The average Bonchev–Trinajstić information content (AvgIpc) is 3.12. The number of hydrogen-bond donors (Lipinski definition) is 1. The molecule has 0 aromatic carbocycles. The zero-order valence-electron chi connectivity index (χ0n) is 11.0. The van der Waals surface area contributed by atoms with Crippen LogP contribution in [0.15, 0.2) is 32.5 Å². The molecule has 7 nitrogen and oxygen atoms in total. The molecule has 0 aliphatic rings. The first-order chi connectivity index (χ1) is 9.66. The lowest BCUT2D eigenvalue weighted by atomic mass is 10.2. The van der Waals surface area contributed by atoms with Crippen molar-refractivity contribution < 1.29 is 8.94 Å². The zero-order chi connectivity index (χ0) is 14.1. The van der Waals surface area contributed by atoms with Crippen LogP contribution in [-0.2, 0) is 5.75 Å². The molecule has 0 saturated heterocycles. The lowest BCUT2D eigenvalue weighted by Gasteiger charge is -2.01. The van der Waals surface area contributed by atoms with Crippen LogP contribution in [0.25, 0.3) is 11.6 Å². The van der Waals surface area contributed by atoms with Gasteiger partial charge in [0, 0.05) is 11.3 Å². The molecule has 0 spiro atoms. The fraction of sp³-hybridized carbons (Fsp3) is 0.250. The van der Waals surface area contributed by atoms with Gasteiger partial charge in [0.05, 0.1) is 12.0 Å². The van der Waals surface area contributed by atoms with Gasteiger partial charge in [-0.2, -0.15) is 0 Å². The molecule has 0 bridgehead atoms. The third kappa shape index (κ3) is 2.18. The Labute approximate surface area is 119 Å². The van der Waals surface area contributed by atoms with E-state index >= 15 is 0 Å². The van der Waals surface area contributed by atoms with Crippen LogP contribution in [-0.4, -0.2) is 20.0 Å². The Morgan fingerprint density at radius 1 is 1.35 bits per heavy atom. The van der Waals surface area contributed by atoms with Gasteiger partial charge in [0.2, 0.25) is 11.0 Å². The van der Waals surface area contributed by atoms with Gasteiger partial charge in [0.15, 0.2) is 5.76 Å². The summed E-state index contributed by atoms with van der Waals surface area (Å²) in [5.41, 5.74) is 1.93. The maximum Gasteiger partial charge on any atom is 0.218 e. The molecule has 0 saturated carbocycles. The third-order valence-electron chi connectivity index (χ3n) is 2.93. The van der Waals surface area contributed by atoms with E-state index in [1.165, 1.54) is 16.4 Å². The zero-order valence-corrected chi connectivity index (χ0v) is 11.8. The molecule has 3 aromatic rings. The summed E-state index contributed by atoms with van der Waals surface area (Å²) < 4.78 is 11.8. The van der Waals surface area contributed by atoms with E-state index in [4.69, 9.17) is 14.8 Å². The molecule has 3 heterocycles. The first-order valence-electron chi connectivity index (χ1n) is 5.95. The van der Waals surface area contributed by atoms with E-state index in [0.717, 1.165) is 17.0 Å². The summed E-state index contributed by atoms with van der Waals surface area (Å²) in [6.45, 7) is 3.80. The second kappa shape index (κ2) is 5.04. The molecule has 0 atom stereocenters. The third-order valence-corrected chi connectivity index (χ3v) is 3.90. The van der Waals surface area contributed by atoms with Gasteiger partial charge in [-0.3, -0.25) is 0 Å². The summed E-state index contributed by atoms with van der Waals surface area (Å²) in [6, 6.07) is 3.57. The number of nitrogen functional groups attached to an aromatic ring is 1. The van der Waals surface area contributed by atoms with Crippen molar-refractivity contribution in [3.8, 4) is 11.6 Å². The minimum absolute atomic E-state index is 0.497. The fourth-order valence-electron chi connectivity index (χ4n) is 1.79. The molecule has 3 rings (SSSR count). The number of hydrogen-bond acceptors (Lipinski definition) is 7. The van der Waals surface area contributed by atoms with E-state index in [2.05, 4.69) is 15.4 Å². The molecule has 20 heavy (non-hydrogen) atoms. The van der Waals surface area contributed by atoms with Crippen molar-refractivity contribution in [3.05, 3.63) is 35.4 Å². The lowest BCUT2D eigenvalue weighted by Crippen LogP contribution is -2.11. The number of rotatable bonds is 4. The number of aromatic nitrogens is 4. The standard InChI is InChI=1S/C12H13N5O2S/c1-7-9(8(2)19-16-7)6-20-12-15-14-11(17(12)13)10-4-3-5-18-10/h3-5H,6,13H2,1-2H3. The maximum atomic E-state index is 5.98. The fourth-order valence-corrected chi connectivity index (χ4v) is 2.80. The highest BCUT2D eigenvalue weighted by Crippen LogP contribution is 2.26. The van der Waals surface area contributed by atoms with Gasteiger partial charge in [-0.1, -0.05) is 16.9 Å². The Bertz CT molecular complexity index is 697. The second-order valence-electron chi connectivity index (χ2n) is 4.24. The van der Waals surface area contributed by atoms with Crippen LogP contribution in [0.4, 0.5) is 0 Å². The first kappa shape index (κ1) is 12.8. The van der Waals surface area contributed by atoms with Crippen LogP contribution in [0.1, 0.15) is 17.0 Å². The van der Waals surface area contributed by atoms with E-state index in [-0.39, 0.29) is 0 Å². The van der Waals surface area contributed by atoms with Crippen molar-refractivity contribution in [2.24, 2.45) is 0 Å². The van der Waals surface area contributed by atoms with E-state index in [1.54, 1.807) is 18.4 Å². The largest absolute Gasteiger partial charge is 0.461 e. The van der Waals surface area contributed by atoms with E-state index in [1.807, 2.05) is 13.8 Å². The Kier molecular flexibility index (Phi) is 3.23. The average molecular weight is 291 g/mol. The van der Waals surface area contributed by atoms with Crippen LogP contribution in [0, 0.1) is 13.8 Å². The summed E-state index contributed by atoms with van der Waals surface area (Å²) in [5.74, 6) is 8.55. The van der Waals surface area contributed by atoms with Gasteiger partial charge in [0.1, 0.15) is 5.76 Å². The van der Waals surface area contributed by atoms with Gasteiger partial charge in [-0.15, -0.1) is 10.2 Å². The van der Waals surface area contributed by atoms with Gasteiger partial charge in [0.25, 0.3) is 0 Å². The molecule has 3 aromatic heterocycles. The van der Waals surface area contributed by atoms with Crippen LogP contribution in [0.3, 0.4) is 0 Å². The van der Waals surface area contributed by atoms with E-state index < -0.39 is 0 Å². The van der Waals surface area contributed by atoms with Crippen molar-refractivity contribution >= 4 is 11.8 Å². The molecule has 0 aliphatic carbocycles.